The van der Waals surface area contributed by atoms with Crippen LogP contribution in [0.5, 0.6) is 11.5 Å². The Kier molecular flexibility index (Phi) is 4.82. The van der Waals surface area contributed by atoms with Crippen LogP contribution in [0.1, 0.15) is 43.2 Å². The molecule has 1 amide bonds. The Morgan fingerprint density at radius 2 is 1.90 bits per heavy atom. The standard InChI is InChI=1S/C24H28N2O4/c1-28-18-5-3-16(4-6-18)15-26-22-20(24(23(26)27)9-2-10-24)13-17(25)14-21(22)30-19-7-11-29-12-8-19/h3-6,13-14,19H,2,7-12,15,25H2,1H3. The highest BCUT2D eigenvalue weighted by molar-refractivity contribution is 6.10. The second-order valence-corrected chi connectivity index (χ2v) is 8.52. The number of benzene rings is 2. The van der Waals surface area contributed by atoms with Gasteiger partial charge in [-0.05, 0) is 42.2 Å². The van der Waals surface area contributed by atoms with E-state index >= 15 is 0 Å². The van der Waals surface area contributed by atoms with Crippen LogP contribution < -0.4 is 20.1 Å². The van der Waals surface area contributed by atoms with Crippen LogP contribution >= 0.6 is 0 Å². The van der Waals surface area contributed by atoms with E-state index in [1.807, 2.05) is 41.3 Å². The average Bonchev–Trinajstić information content (AvgIpc) is 2.97. The highest BCUT2D eigenvalue weighted by Crippen LogP contribution is 2.57. The first-order valence-electron chi connectivity index (χ1n) is 10.7. The zero-order valence-electron chi connectivity index (χ0n) is 17.4. The van der Waals surface area contributed by atoms with Crippen molar-refractivity contribution in [1.82, 2.24) is 0 Å². The van der Waals surface area contributed by atoms with Gasteiger partial charge in [-0.3, -0.25) is 4.79 Å². The number of nitrogen functional groups attached to an aromatic ring is 1. The molecular formula is C24H28N2O4. The largest absolute Gasteiger partial charge is 0.497 e. The van der Waals surface area contributed by atoms with Crippen molar-refractivity contribution in [2.24, 2.45) is 0 Å². The molecular weight excluding hydrogens is 380 g/mol. The molecule has 6 nitrogen and oxygen atoms in total. The minimum absolute atomic E-state index is 0.0838. The van der Waals surface area contributed by atoms with E-state index in [1.54, 1.807) is 7.11 Å². The molecule has 6 heteroatoms. The lowest BCUT2D eigenvalue weighted by Crippen LogP contribution is -2.44. The molecule has 2 heterocycles. The molecule has 1 saturated carbocycles. The summed E-state index contributed by atoms with van der Waals surface area (Å²) in [4.78, 5) is 15.5. The molecule has 2 aliphatic heterocycles. The molecule has 0 atom stereocenters. The van der Waals surface area contributed by atoms with E-state index in [0.717, 1.165) is 60.4 Å². The number of ether oxygens (including phenoxy) is 3. The van der Waals surface area contributed by atoms with Gasteiger partial charge in [0.25, 0.3) is 0 Å². The zero-order valence-corrected chi connectivity index (χ0v) is 17.4. The molecule has 1 spiro atoms. The number of amides is 1. The van der Waals surface area contributed by atoms with E-state index in [2.05, 4.69) is 0 Å². The van der Waals surface area contributed by atoms with Crippen molar-refractivity contribution in [3.63, 3.8) is 0 Å². The number of hydrogen-bond acceptors (Lipinski definition) is 5. The van der Waals surface area contributed by atoms with Crippen molar-refractivity contribution in [2.45, 2.75) is 50.2 Å². The summed E-state index contributed by atoms with van der Waals surface area (Å²) in [5.41, 5.74) is 9.47. The predicted molar refractivity (Wildman–Crippen MR) is 115 cm³/mol. The number of hydrogen-bond donors (Lipinski definition) is 1. The summed E-state index contributed by atoms with van der Waals surface area (Å²) in [5, 5.41) is 0. The quantitative estimate of drug-likeness (QED) is 0.762. The van der Waals surface area contributed by atoms with Gasteiger partial charge in [0.1, 0.15) is 17.6 Å². The van der Waals surface area contributed by atoms with Gasteiger partial charge in [0.2, 0.25) is 5.91 Å². The van der Waals surface area contributed by atoms with E-state index in [4.69, 9.17) is 19.9 Å². The Hall–Kier alpha value is -2.73. The highest BCUT2D eigenvalue weighted by atomic mass is 16.5. The molecule has 0 aromatic heterocycles. The van der Waals surface area contributed by atoms with Crippen LogP contribution in [0.4, 0.5) is 11.4 Å². The van der Waals surface area contributed by atoms with Gasteiger partial charge in [0.05, 0.1) is 38.0 Å². The Labute approximate surface area is 176 Å². The van der Waals surface area contributed by atoms with Crippen LogP contribution in [0.2, 0.25) is 0 Å². The number of nitrogens with zero attached hydrogens (tertiary/aromatic N) is 1. The molecule has 30 heavy (non-hydrogen) atoms. The van der Waals surface area contributed by atoms with E-state index < -0.39 is 5.41 Å². The van der Waals surface area contributed by atoms with Crippen LogP contribution in [-0.4, -0.2) is 32.3 Å². The van der Waals surface area contributed by atoms with Crippen LogP contribution in [0.3, 0.4) is 0 Å². The number of rotatable bonds is 5. The van der Waals surface area contributed by atoms with Crippen LogP contribution in [0, 0.1) is 0 Å². The summed E-state index contributed by atoms with van der Waals surface area (Å²) in [7, 11) is 1.65. The molecule has 0 bridgehead atoms. The minimum atomic E-state index is -0.440. The normalized spacial score (nSPS) is 20.2. The monoisotopic (exact) mass is 408 g/mol. The van der Waals surface area contributed by atoms with Gasteiger partial charge in [0.15, 0.2) is 0 Å². The molecule has 3 aliphatic rings. The first-order chi connectivity index (χ1) is 14.6. The number of methoxy groups -OCH3 is 1. The second-order valence-electron chi connectivity index (χ2n) is 8.52. The smallest absolute Gasteiger partial charge is 0.238 e. The predicted octanol–water partition coefficient (Wildman–Crippen LogP) is 3.80. The number of anilines is 2. The lowest BCUT2D eigenvalue weighted by atomic mass is 9.65. The van der Waals surface area contributed by atoms with Crippen molar-refractivity contribution >= 4 is 17.3 Å². The first-order valence-corrected chi connectivity index (χ1v) is 10.7. The van der Waals surface area contributed by atoms with Crippen LogP contribution in [-0.2, 0) is 21.5 Å². The average molecular weight is 408 g/mol. The van der Waals surface area contributed by atoms with Crippen molar-refractivity contribution in [3.05, 3.63) is 47.5 Å². The third kappa shape index (κ3) is 3.10. The minimum Gasteiger partial charge on any atom is -0.497 e. The first kappa shape index (κ1) is 19.2. The second kappa shape index (κ2) is 7.51. The van der Waals surface area contributed by atoms with Gasteiger partial charge >= 0.3 is 0 Å². The summed E-state index contributed by atoms with van der Waals surface area (Å²) >= 11 is 0. The van der Waals surface area contributed by atoms with E-state index in [0.29, 0.717) is 25.4 Å². The Morgan fingerprint density at radius 3 is 2.53 bits per heavy atom. The number of nitrogens with two attached hydrogens (primary N) is 1. The Bertz CT molecular complexity index is 946. The summed E-state index contributed by atoms with van der Waals surface area (Å²) in [5.74, 6) is 1.70. The van der Waals surface area contributed by atoms with Gasteiger partial charge in [-0.15, -0.1) is 0 Å². The third-order valence-electron chi connectivity index (χ3n) is 6.71. The molecule has 158 valence electrons. The lowest BCUT2D eigenvalue weighted by molar-refractivity contribution is -0.126. The SMILES string of the molecule is COc1ccc(CN2C(=O)C3(CCC3)c3cc(N)cc(OC4CCOCC4)c32)cc1. The van der Waals surface area contributed by atoms with Crippen molar-refractivity contribution in [1.29, 1.82) is 0 Å². The van der Waals surface area contributed by atoms with Gasteiger partial charge in [-0.2, -0.15) is 0 Å². The Morgan fingerprint density at radius 1 is 1.17 bits per heavy atom. The summed E-state index contributed by atoms with van der Waals surface area (Å²) in [6, 6.07) is 11.7. The van der Waals surface area contributed by atoms with E-state index in [9.17, 15) is 4.79 Å². The molecule has 2 N–H and O–H groups in total. The molecule has 2 aromatic carbocycles. The fourth-order valence-electron chi connectivity index (χ4n) is 4.89. The number of fused-ring (bicyclic) bond motifs is 2. The van der Waals surface area contributed by atoms with Gasteiger partial charge in [0, 0.05) is 24.6 Å². The van der Waals surface area contributed by atoms with E-state index in [1.165, 1.54) is 0 Å². The lowest BCUT2D eigenvalue weighted by Gasteiger charge is -2.37. The van der Waals surface area contributed by atoms with Crippen LogP contribution in [0.25, 0.3) is 0 Å². The molecule has 1 saturated heterocycles. The van der Waals surface area contributed by atoms with E-state index in [-0.39, 0.29) is 12.0 Å². The Balaban J connectivity index is 1.53. The van der Waals surface area contributed by atoms with Crippen LogP contribution in [0.15, 0.2) is 36.4 Å². The maximum Gasteiger partial charge on any atom is 0.238 e. The van der Waals surface area contributed by atoms with Gasteiger partial charge in [-0.25, -0.2) is 0 Å². The fraction of sp³-hybridized carbons (Fsp3) is 0.458. The molecule has 5 rings (SSSR count). The number of carbonyl (C=O) groups excluding carboxylic acids is 1. The summed E-state index contributed by atoms with van der Waals surface area (Å²) in [6.45, 7) is 1.91. The van der Waals surface area contributed by atoms with Crippen molar-refractivity contribution in [2.75, 3.05) is 31.0 Å². The maximum atomic E-state index is 13.6. The molecule has 2 aromatic rings. The molecule has 0 unspecified atom stereocenters. The third-order valence-corrected chi connectivity index (χ3v) is 6.71. The summed E-state index contributed by atoms with van der Waals surface area (Å²) in [6.07, 6.45) is 4.59. The topological polar surface area (TPSA) is 74.0 Å². The molecule has 2 fully saturated rings. The van der Waals surface area contributed by atoms with Gasteiger partial charge < -0.3 is 24.8 Å². The highest BCUT2D eigenvalue weighted by Gasteiger charge is 2.55. The number of carbonyl (C=O) groups is 1. The molecule has 1 aliphatic carbocycles. The van der Waals surface area contributed by atoms with Gasteiger partial charge in [-0.1, -0.05) is 18.6 Å². The summed E-state index contributed by atoms with van der Waals surface area (Å²) < 4.78 is 17.2. The maximum absolute atomic E-state index is 13.6. The zero-order chi connectivity index (χ0) is 20.7. The fourth-order valence-corrected chi connectivity index (χ4v) is 4.89. The van der Waals surface area contributed by atoms with Crippen molar-refractivity contribution in [3.8, 4) is 11.5 Å². The molecule has 0 radical (unpaired) electrons. The van der Waals surface area contributed by atoms with Crippen molar-refractivity contribution < 1.29 is 19.0 Å².